The number of imidazole rings is 2. The van der Waals surface area contributed by atoms with Crippen LogP contribution in [0.3, 0.4) is 0 Å². The first kappa shape index (κ1) is 12.8. The highest BCUT2D eigenvalue weighted by Gasteiger charge is 1.86. The van der Waals surface area contributed by atoms with E-state index in [4.69, 9.17) is 0 Å². The Bertz CT molecular complexity index is 633. The predicted octanol–water partition coefficient (Wildman–Crippen LogP) is 1.84. The zero-order valence-corrected chi connectivity index (χ0v) is 10.2. The molecule has 0 atom stereocenters. The molecule has 5 heteroatoms. The normalized spacial score (nSPS) is 9.68. The summed E-state index contributed by atoms with van der Waals surface area (Å²) in [4.78, 5) is 8.16. The minimum Gasteiger partial charge on any atom is -0.412 e. The molecule has 4 rings (SSSR count). The van der Waals surface area contributed by atoms with Crippen molar-refractivity contribution in [3.8, 4) is 0 Å². The van der Waals surface area contributed by atoms with Gasteiger partial charge in [-0.05, 0) is 24.3 Å². The van der Waals surface area contributed by atoms with E-state index in [0.717, 1.165) is 11.3 Å². The van der Waals surface area contributed by atoms with E-state index >= 15 is 0 Å². The van der Waals surface area contributed by atoms with Gasteiger partial charge in [0.25, 0.3) is 0 Å². The van der Waals surface area contributed by atoms with Gasteiger partial charge in [0.2, 0.25) is 0 Å². The van der Waals surface area contributed by atoms with E-state index in [2.05, 4.69) is 9.97 Å². The topological polar surface area (TPSA) is 66.1 Å². The monoisotopic (exact) mass is 254 g/mol. The van der Waals surface area contributed by atoms with Gasteiger partial charge < -0.3 is 14.3 Å². The summed E-state index contributed by atoms with van der Waals surface area (Å²) in [6, 6.07) is 11.9. The third-order valence-electron chi connectivity index (χ3n) is 2.60. The first-order chi connectivity index (χ1) is 8.93. The second kappa shape index (κ2) is 5.79. The molecule has 0 aliphatic heterocycles. The van der Waals surface area contributed by atoms with Crippen LogP contribution in [0.15, 0.2) is 73.6 Å². The number of hydrogen-bond acceptors (Lipinski definition) is 2. The Hall–Kier alpha value is -2.66. The maximum Gasteiger partial charge on any atom is 0.136 e. The summed E-state index contributed by atoms with van der Waals surface area (Å²) in [7, 11) is 0. The minimum atomic E-state index is 0. The number of fused-ring (bicyclic) bond motifs is 2. The quantitative estimate of drug-likeness (QED) is 0.480. The van der Waals surface area contributed by atoms with Crippen molar-refractivity contribution in [3.63, 3.8) is 0 Å². The van der Waals surface area contributed by atoms with E-state index in [1.54, 1.807) is 12.4 Å². The van der Waals surface area contributed by atoms with Crippen molar-refractivity contribution < 1.29 is 5.48 Å². The van der Waals surface area contributed by atoms with Gasteiger partial charge >= 0.3 is 0 Å². The lowest BCUT2D eigenvalue weighted by atomic mass is 10.5. The lowest BCUT2D eigenvalue weighted by Crippen LogP contribution is -1.77. The predicted molar refractivity (Wildman–Crippen MR) is 74.0 cm³/mol. The summed E-state index contributed by atoms with van der Waals surface area (Å²) >= 11 is 0. The van der Waals surface area contributed by atoms with Crippen LogP contribution < -0.4 is 0 Å². The molecule has 0 bridgehead atoms. The van der Waals surface area contributed by atoms with Gasteiger partial charge in [0.05, 0.1) is 0 Å². The second-order valence-electron chi connectivity index (χ2n) is 3.79. The molecule has 0 spiro atoms. The average molecular weight is 254 g/mol. The van der Waals surface area contributed by atoms with Crippen LogP contribution >= 0.6 is 0 Å². The Labute approximate surface area is 110 Å². The van der Waals surface area contributed by atoms with Gasteiger partial charge in [-0.25, -0.2) is 9.97 Å². The van der Waals surface area contributed by atoms with E-state index in [1.165, 1.54) is 0 Å². The molecule has 5 nitrogen and oxygen atoms in total. The SMILES string of the molecule is O.c1ccn2ccnc2c1.c1ccn2ccnc2c1. The molecular weight excluding hydrogens is 240 g/mol. The van der Waals surface area contributed by atoms with E-state index in [-0.39, 0.29) is 5.48 Å². The lowest BCUT2D eigenvalue weighted by molar-refractivity contribution is 0.824. The van der Waals surface area contributed by atoms with Crippen molar-refractivity contribution in [1.82, 2.24) is 18.8 Å². The lowest BCUT2D eigenvalue weighted by Gasteiger charge is -1.86. The molecule has 0 radical (unpaired) electrons. The Morgan fingerprint density at radius 1 is 0.632 bits per heavy atom. The number of hydrogen-bond donors (Lipinski definition) is 0. The summed E-state index contributed by atoms with van der Waals surface area (Å²) in [5, 5.41) is 0. The van der Waals surface area contributed by atoms with Crippen LogP contribution in [0.2, 0.25) is 0 Å². The zero-order valence-electron chi connectivity index (χ0n) is 10.2. The number of aromatic nitrogens is 4. The molecule has 0 saturated heterocycles. The number of pyridine rings is 2. The summed E-state index contributed by atoms with van der Waals surface area (Å²) in [6.45, 7) is 0. The fraction of sp³-hybridized carbons (Fsp3) is 0. The third kappa shape index (κ3) is 2.78. The Kier molecular flexibility index (Phi) is 3.90. The highest BCUT2D eigenvalue weighted by atomic mass is 16.0. The van der Waals surface area contributed by atoms with E-state index in [0.29, 0.717) is 0 Å². The smallest absolute Gasteiger partial charge is 0.136 e. The molecule has 19 heavy (non-hydrogen) atoms. The summed E-state index contributed by atoms with van der Waals surface area (Å²) in [5.41, 5.74) is 2.00. The van der Waals surface area contributed by atoms with E-state index in [9.17, 15) is 0 Å². The largest absolute Gasteiger partial charge is 0.412 e. The molecule has 0 aromatic carbocycles. The molecule has 0 fully saturated rings. The standard InChI is InChI=1S/2C7H6N2.H2O/c2*1-2-5-9-6-4-8-7(9)3-1;/h2*1-6H;1H2. The van der Waals surface area contributed by atoms with Gasteiger partial charge in [-0.15, -0.1) is 0 Å². The van der Waals surface area contributed by atoms with Crippen LogP contribution in [-0.2, 0) is 0 Å². The van der Waals surface area contributed by atoms with Crippen molar-refractivity contribution in [2.45, 2.75) is 0 Å². The molecule has 4 aromatic heterocycles. The van der Waals surface area contributed by atoms with Crippen molar-refractivity contribution >= 4 is 11.3 Å². The zero-order chi connectivity index (χ0) is 12.2. The second-order valence-corrected chi connectivity index (χ2v) is 3.79. The van der Waals surface area contributed by atoms with Gasteiger partial charge in [0, 0.05) is 37.2 Å². The first-order valence-corrected chi connectivity index (χ1v) is 5.69. The Morgan fingerprint density at radius 3 is 1.53 bits per heavy atom. The Balaban J connectivity index is 0.000000133. The van der Waals surface area contributed by atoms with Crippen LogP contribution in [0.25, 0.3) is 11.3 Å². The third-order valence-corrected chi connectivity index (χ3v) is 2.60. The number of rotatable bonds is 0. The van der Waals surface area contributed by atoms with Crippen molar-refractivity contribution in [3.05, 3.63) is 73.6 Å². The van der Waals surface area contributed by atoms with Crippen LogP contribution in [0.4, 0.5) is 0 Å². The molecule has 0 unspecified atom stereocenters. The van der Waals surface area contributed by atoms with Gasteiger partial charge in [-0.1, -0.05) is 12.1 Å². The van der Waals surface area contributed by atoms with Crippen LogP contribution in [0.1, 0.15) is 0 Å². The molecular formula is C14H14N4O. The summed E-state index contributed by atoms with van der Waals surface area (Å²) in [5.74, 6) is 0. The minimum absolute atomic E-state index is 0. The van der Waals surface area contributed by atoms with Gasteiger partial charge in [0.15, 0.2) is 0 Å². The Morgan fingerprint density at radius 2 is 1.11 bits per heavy atom. The molecule has 4 aromatic rings. The maximum atomic E-state index is 4.08. The summed E-state index contributed by atoms with van der Waals surface area (Å²) < 4.78 is 3.94. The fourth-order valence-electron chi connectivity index (χ4n) is 1.73. The number of nitrogens with zero attached hydrogens (tertiary/aromatic N) is 4. The summed E-state index contributed by atoms with van der Waals surface area (Å²) in [6.07, 6.45) is 11.4. The highest BCUT2D eigenvalue weighted by Crippen LogP contribution is 1.97. The van der Waals surface area contributed by atoms with Gasteiger partial charge in [0.1, 0.15) is 11.3 Å². The molecule has 0 amide bonds. The molecule has 0 saturated carbocycles. The van der Waals surface area contributed by atoms with E-state index < -0.39 is 0 Å². The molecule has 96 valence electrons. The average Bonchev–Trinajstić information content (AvgIpc) is 3.08. The van der Waals surface area contributed by atoms with Crippen molar-refractivity contribution in [2.24, 2.45) is 0 Å². The van der Waals surface area contributed by atoms with Crippen LogP contribution in [0.5, 0.6) is 0 Å². The van der Waals surface area contributed by atoms with E-state index in [1.807, 2.05) is 70.0 Å². The fourth-order valence-corrected chi connectivity index (χ4v) is 1.73. The highest BCUT2D eigenvalue weighted by molar-refractivity contribution is 5.37. The molecule has 4 heterocycles. The van der Waals surface area contributed by atoms with Crippen molar-refractivity contribution in [2.75, 3.05) is 0 Å². The first-order valence-electron chi connectivity index (χ1n) is 5.69. The van der Waals surface area contributed by atoms with Crippen molar-refractivity contribution in [1.29, 1.82) is 0 Å². The molecule has 0 aliphatic carbocycles. The maximum absolute atomic E-state index is 4.08. The van der Waals surface area contributed by atoms with Crippen LogP contribution in [-0.4, -0.2) is 24.2 Å². The van der Waals surface area contributed by atoms with Crippen LogP contribution in [0, 0.1) is 0 Å². The van der Waals surface area contributed by atoms with Gasteiger partial charge in [-0.2, -0.15) is 0 Å². The molecule has 2 N–H and O–H groups in total. The molecule has 0 aliphatic rings. The van der Waals surface area contributed by atoms with Gasteiger partial charge in [-0.3, -0.25) is 0 Å².